The molecule has 0 atom stereocenters. The predicted molar refractivity (Wildman–Crippen MR) is 66.9 cm³/mol. The third kappa shape index (κ3) is 2.22. The van der Waals surface area contributed by atoms with Crippen LogP contribution < -0.4 is 0 Å². The van der Waals surface area contributed by atoms with Crippen LogP contribution in [0.2, 0.25) is 0 Å². The van der Waals surface area contributed by atoms with E-state index < -0.39 is 11.9 Å². The SMILES string of the molecule is COC(=O)c1nccc(-n2nc(C)c(C(=O)O)c2C)n1. The highest BCUT2D eigenvalue weighted by Crippen LogP contribution is 2.16. The Bertz CT molecular complexity index is 693. The standard InChI is InChI=1S/C12H12N4O4/c1-6-9(11(17)18)7(2)16(15-6)8-4-5-13-10(14-8)12(19)20-3/h4-5H,1-3H3,(H,17,18). The number of carboxylic acid groups (broad SMARTS) is 1. The fourth-order valence-corrected chi connectivity index (χ4v) is 1.83. The van der Waals surface area contributed by atoms with Crippen LogP contribution in [-0.4, -0.2) is 43.9 Å². The highest BCUT2D eigenvalue weighted by atomic mass is 16.5. The Balaban J connectivity index is 2.55. The zero-order chi connectivity index (χ0) is 14.9. The molecule has 0 aliphatic heterocycles. The molecule has 104 valence electrons. The summed E-state index contributed by atoms with van der Waals surface area (Å²) in [6.07, 6.45) is 1.38. The number of aromatic carboxylic acids is 1. The first-order valence-corrected chi connectivity index (χ1v) is 5.67. The molecule has 8 nitrogen and oxygen atoms in total. The first kappa shape index (κ1) is 13.7. The molecule has 0 aliphatic rings. The number of aromatic nitrogens is 4. The number of ether oxygens (including phenoxy) is 1. The van der Waals surface area contributed by atoms with E-state index in [1.165, 1.54) is 24.1 Å². The van der Waals surface area contributed by atoms with Gasteiger partial charge in [-0.1, -0.05) is 0 Å². The van der Waals surface area contributed by atoms with Crippen molar-refractivity contribution in [3.8, 4) is 5.82 Å². The van der Waals surface area contributed by atoms with Crippen molar-refractivity contribution in [3.05, 3.63) is 35.0 Å². The van der Waals surface area contributed by atoms with E-state index in [0.717, 1.165) is 0 Å². The zero-order valence-corrected chi connectivity index (χ0v) is 11.1. The number of rotatable bonds is 3. The van der Waals surface area contributed by atoms with Gasteiger partial charge in [-0.2, -0.15) is 5.10 Å². The van der Waals surface area contributed by atoms with Crippen LogP contribution in [0, 0.1) is 13.8 Å². The molecule has 0 unspecified atom stereocenters. The molecule has 0 radical (unpaired) electrons. The average molecular weight is 276 g/mol. The van der Waals surface area contributed by atoms with E-state index in [9.17, 15) is 9.59 Å². The Kier molecular flexibility index (Phi) is 3.47. The van der Waals surface area contributed by atoms with E-state index in [-0.39, 0.29) is 11.4 Å². The van der Waals surface area contributed by atoms with Crippen molar-refractivity contribution in [3.63, 3.8) is 0 Å². The molecule has 0 saturated carbocycles. The Morgan fingerprint density at radius 1 is 1.35 bits per heavy atom. The van der Waals surface area contributed by atoms with E-state index in [4.69, 9.17) is 5.11 Å². The van der Waals surface area contributed by atoms with Gasteiger partial charge in [0.2, 0.25) is 5.82 Å². The Labute approximate surface area is 114 Å². The molecule has 2 rings (SSSR count). The molecule has 20 heavy (non-hydrogen) atoms. The van der Waals surface area contributed by atoms with Crippen molar-refractivity contribution in [1.29, 1.82) is 0 Å². The molecule has 0 aromatic carbocycles. The van der Waals surface area contributed by atoms with Crippen LogP contribution in [0.15, 0.2) is 12.3 Å². The van der Waals surface area contributed by atoms with Crippen molar-refractivity contribution in [2.45, 2.75) is 13.8 Å². The molecule has 0 amide bonds. The molecule has 0 fully saturated rings. The fourth-order valence-electron chi connectivity index (χ4n) is 1.83. The maximum absolute atomic E-state index is 11.4. The minimum atomic E-state index is -1.06. The summed E-state index contributed by atoms with van der Waals surface area (Å²) in [5, 5.41) is 13.2. The van der Waals surface area contributed by atoms with Crippen molar-refractivity contribution < 1.29 is 19.4 Å². The van der Waals surface area contributed by atoms with Crippen LogP contribution >= 0.6 is 0 Å². The first-order chi connectivity index (χ1) is 9.45. The van der Waals surface area contributed by atoms with E-state index in [0.29, 0.717) is 17.2 Å². The number of hydrogen-bond acceptors (Lipinski definition) is 6. The number of carbonyl (C=O) groups is 2. The molecule has 0 aliphatic carbocycles. The van der Waals surface area contributed by atoms with E-state index in [1.807, 2.05) is 0 Å². The lowest BCUT2D eigenvalue weighted by molar-refractivity contribution is 0.0585. The lowest BCUT2D eigenvalue weighted by Crippen LogP contribution is -2.11. The average Bonchev–Trinajstić information content (AvgIpc) is 2.73. The van der Waals surface area contributed by atoms with Crippen molar-refractivity contribution >= 4 is 11.9 Å². The summed E-state index contributed by atoms with van der Waals surface area (Å²) in [5.74, 6) is -1.55. The Morgan fingerprint density at radius 3 is 2.60 bits per heavy atom. The van der Waals surface area contributed by atoms with E-state index in [1.54, 1.807) is 13.8 Å². The van der Waals surface area contributed by atoms with Gasteiger partial charge >= 0.3 is 11.9 Å². The van der Waals surface area contributed by atoms with Crippen LogP contribution in [0.4, 0.5) is 0 Å². The summed E-state index contributed by atoms with van der Waals surface area (Å²) >= 11 is 0. The van der Waals surface area contributed by atoms with Crippen LogP contribution in [0.3, 0.4) is 0 Å². The number of carboxylic acids is 1. The minimum absolute atomic E-state index is 0.114. The van der Waals surface area contributed by atoms with Gasteiger partial charge in [-0.05, 0) is 13.8 Å². The summed E-state index contributed by atoms with van der Waals surface area (Å²) in [4.78, 5) is 30.3. The molecule has 8 heteroatoms. The van der Waals surface area contributed by atoms with Crippen molar-refractivity contribution in [2.75, 3.05) is 7.11 Å². The molecule has 0 saturated heterocycles. The fraction of sp³-hybridized carbons (Fsp3) is 0.250. The summed E-state index contributed by atoms with van der Waals surface area (Å²) in [5.41, 5.74) is 0.904. The third-order valence-corrected chi connectivity index (χ3v) is 2.73. The summed E-state index contributed by atoms with van der Waals surface area (Å²) in [6, 6.07) is 1.53. The molecular formula is C12H12N4O4. The van der Waals surface area contributed by atoms with Gasteiger partial charge < -0.3 is 9.84 Å². The molecule has 0 spiro atoms. The van der Waals surface area contributed by atoms with Gasteiger partial charge in [0, 0.05) is 12.3 Å². The van der Waals surface area contributed by atoms with Crippen LogP contribution in [0.25, 0.3) is 5.82 Å². The van der Waals surface area contributed by atoms with Gasteiger partial charge in [0.15, 0.2) is 5.82 Å². The van der Waals surface area contributed by atoms with Gasteiger partial charge in [0.1, 0.15) is 5.56 Å². The largest absolute Gasteiger partial charge is 0.478 e. The summed E-state index contributed by atoms with van der Waals surface area (Å²) in [6.45, 7) is 3.21. The molecule has 1 N–H and O–H groups in total. The minimum Gasteiger partial charge on any atom is -0.478 e. The number of carbonyl (C=O) groups excluding carboxylic acids is 1. The Hall–Kier alpha value is -2.77. The van der Waals surface area contributed by atoms with Gasteiger partial charge in [0.25, 0.3) is 0 Å². The highest BCUT2D eigenvalue weighted by Gasteiger charge is 2.20. The first-order valence-electron chi connectivity index (χ1n) is 5.67. The predicted octanol–water partition coefficient (Wildman–Crippen LogP) is 0.764. The number of esters is 1. The summed E-state index contributed by atoms with van der Waals surface area (Å²) in [7, 11) is 1.23. The maximum atomic E-state index is 11.4. The van der Waals surface area contributed by atoms with Crippen LogP contribution in [0.1, 0.15) is 32.4 Å². The lowest BCUT2D eigenvalue weighted by atomic mass is 10.2. The molecular weight excluding hydrogens is 264 g/mol. The van der Waals surface area contributed by atoms with Crippen molar-refractivity contribution in [2.24, 2.45) is 0 Å². The summed E-state index contributed by atoms with van der Waals surface area (Å²) < 4.78 is 5.89. The zero-order valence-electron chi connectivity index (χ0n) is 11.1. The van der Waals surface area contributed by atoms with Crippen LogP contribution in [0.5, 0.6) is 0 Å². The molecule has 0 bridgehead atoms. The highest BCUT2D eigenvalue weighted by molar-refractivity contribution is 5.90. The van der Waals surface area contributed by atoms with Gasteiger partial charge in [-0.25, -0.2) is 24.2 Å². The normalized spacial score (nSPS) is 10.3. The second-order valence-electron chi connectivity index (χ2n) is 3.99. The second kappa shape index (κ2) is 5.08. The maximum Gasteiger partial charge on any atom is 0.376 e. The second-order valence-corrected chi connectivity index (χ2v) is 3.99. The molecule has 2 aromatic heterocycles. The smallest absolute Gasteiger partial charge is 0.376 e. The topological polar surface area (TPSA) is 107 Å². The lowest BCUT2D eigenvalue weighted by Gasteiger charge is -2.04. The van der Waals surface area contributed by atoms with Gasteiger partial charge in [-0.3, -0.25) is 0 Å². The van der Waals surface area contributed by atoms with Crippen molar-refractivity contribution in [1.82, 2.24) is 19.7 Å². The monoisotopic (exact) mass is 276 g/mol. The van der Waals surface area contributed by atoms with Gasteiger partial charge in [0.05, 0.1) is 18.5 Å². The van der Waals surface area contributed by atoms with E-state index in [2.05, 4.69) is 19.8 Å². The van der Waals surface area contributed by atoms with Crippen LogP contribution in [-0.2, 0) is 4.74 Å². The molecule has 2 heterocycles. The van der Waals surface area contributed by atoms with E-state index >= 15 is 0 Å². The molecule has 2 aromatic rings. The third-order valence-electron chi connectivity index (χ3n) is 2.73. The number of aryl methyl sites for hydroxylation is 1. The number of methoxy groups -OCH3 is 1. The van der Waals surface area contributed by atoms with Gasteiger partial charge in [-0.15, -0.1) is 0 Å². The Morgan fingerprint density at radius 2 is 2.05 bits per heavy atom. The quantitative estimate of drug-likeness (QED) is 0.824. The number of hydrogen-bond donors (Lipinski definition) is 1. The number of nitrogens with zero attached hydrogens (tertiary/aromatic N) is 4.